The molecule has 48 heavy (non-hydrogen) atoms. The van der Waals surface area contributed by atoms with Crippen molar-refractivity contribution in [3.63, 3.8) is 0 Å². The molecule has 2 aromatic rings. The fourth-order valence-electron chi connectivity index (χ4n) is 6.40. The molecule has 5 rings (SSSR count). The van der Waals surface area contributed by atoms with Gasteiger partial charge in [0.15, 0.2) is 29.3 Å². The zero-order valence-electron chi connectivity index (χ0n) is 26.4. The highest BCUT2D eigenvalue weighted by Gasteiger charge is 2.51. The molecule has 0 amide bonds. The summed E-state index contributed by atoms with van der Waals surface area (Å²) in [5.41, 5.74) is 1.59. The maximum absolute atomic E-state index is 11.2. The van der Waals surface area contributed by atoms with Crippen LogP contribution < -0.4 is 14.2 Å². The number of ether oxygens (including phenoxy) is 7. The summed E-state index contributed by atoms with van der Waals surface area (Å²) >= 11 is 0. The number of aliphatic hydroxyl groups is 8. The van der Waals surface area contributed by atoms with Gasteiger partial charge >= 0.3 is 0 Å². The minimum absolute atomic E-state index is 0.0287. The van der Waals surface area contributed by atoms with E-state index in [2.05, 4.69) is 0 Å². The van der Waals surface area contributed by atoms with Crippen LogP contribution in [0, 0.1) is 11.8 Å². The highest BCUT2D eigenvalue weighted by atomic mass is 16.7. The first kappa shape index (κ1) is 36.4. The SMILES string of the molecule is COc1cc(C[C@H]2CO[C@H](c3ccc(O[C@@H]4O[C@H](CO)[C@@H](O)[C@H](O[C@@H]5O[C@H](CO)[C@@H](O)[C@H](O)[C@H]5O)[C@H]4O)c(OC)c3)[C@H]2CO)ccc1O. The van der Waals surface area contributed by atoms with Gasteiger partial charge in [-0.05, 0) is 47.7 Å². The number of hydrogen-bond acceptors (Lipinski definition) is 16. The number of rotatable bonds is 12. The van der Waals surface area contributed by atoms with Crippen LogP contribution in [0.4, 0.5) is 0 Å². The normalized spacial score (nSPS) is 36.9. The van der Waals surface area contributed by atoms with Gasteiger partial charge in [0.2, 0.25) is 6.29 Å². The molecule has 16 nitrogen and oxygen atoms in total. The highest BCUT2D eigenvalue weighted by Crippen LogP contribution is 2.43. The lowest BCUT2D eigenvalue weighted by molar-refractivity contribution is -0.352. The first-order valence-corrected chi connectivity index (χ1v) is 15.6. The van der Waals surface area contributed by atoms with E-state index < -0.39 is 80.7 Å². The standard InChI is InChI=1S/C32H44O16/c1-42-20-8-14(3-5-18(20)36)7-16-13-44-29(17(16)10-33)15-4-6-19(21(9-15)43-2)45-32-28(41)30(25(38)23(12-35)47-32)48-31-27(40)26(39)24(37)22(11-34)46-31/h3-6,8-9,16-17,22-41H,7,10-13H2,1-2H3/t16-,17-,22+,23+,24+,25+,26-,27+,28+,29+,30-,31-,32+/m0/s1. The number of aromatic hydroxyl groups is 1. The number of phenols is 1. The van der Waals surface area contributed by atoms with Gasteiger partial charge in [-0.3, -0.25) is 0 Å². The minimum Gasteiger partial charge on any atom is -0.504 e. The first-order chi connectivity index (χ1) is 23.0. The largest absolute Gasteiger partial charge is 0.504 e. The Morgan fingerprint density at radius 2 is 1.40 bits per heavy atom. The second-order valence-corrected chi connectivity index (χ2v) is 12.1. The Morgan fingerprint density at radius 3 is 2.06 bits per heavy atom. The van der Waals surface area contributed by atoms with Crippen LogP contribution >= 0.6 is 0 Å². The maximum atomic E-state index is 11.2. The maximum Gasteiger partial charge on any atom is 0.229 e. The van der Waals surface area contributed by atoms with E-state index >= 15 is 0 Å². The summed E-state index contributed by atoms with van der Waals surface area (Å²) in [6.45, 7) is -1.22. The van der Waals surface area contributed by atoms with Gasteiger partial charge in [0, 0.05) is 12.5 Å². The number of phenolic OH excluding ortho intramolecular Hbond substituents is 1. The molecule has 3 aliphatic heterocycles. The zero-order chi connectivity index (χ0) is 34.7. The minimum atomic E-state index is -1.81. The van der Waals surface area contributed by atoms with Gasteiger partial charge in [0.05, 0.1) is 40.1 Å². The quantitative estimate of drug-likeness (QED) is 0.117. The van der Waals surface area contributed by atoms with Crippen molar-refractivity contribution in [2.45, 2.75) is 73.9 Å². The lowest BCUT2D eigenvalue weighted by Crippen LogP contribution is -2.65. The molecule has 0 spiro atoms. The summed E-state index contributed by atoms with van der Waals surface area (Å²) in [7, 11) is 2.87. The van der Waals surface area contributed by atoms with E-state index in [-0.39, 0.29) is 35.7 Å². The van der Waals surface area contributed by atoms with Crippen molar-refractivity contribution in [2.75, 3.05) is 40.6 Å². The molecule has 0 aliphatic carbocycles. The second kappa shape index (κ2) is 15.8. The molecule has 16 heteroatoms. The van der Waals surface area contributed by atoms with Crippen molar-refractivity contribution in [3.05, 3.63) is 47.5 Å². The average molecular weight is 685 g/mol. The molecule has 0 unspecified atom stereocenters. The predicted molar refractivity (Wildman–Crippen MR) is 161 cm³/mol. The van der Waals surface area contributed by atoms with Crippen LogP contribution in [0.5, 0.6) is 23.0 Å². The molecular formula is C32H44O16. The number of benzene rings is 2. The Labute approximate surface area is 276 Å². The van der Waals surface area contributed by atoms with Crippen molar-refractivity contribution in [3.8, 4) is 23.0 Å². The number of methoxy groups -OCH3 is 2. The third-order valence-corrected chi connectivity index (χ3v) is 9.16. The smallest absolute Gasteiger partial charge is 0.229 e. The number of aliphatic hydroxyl groups excluding tert-OH is 8. The molecule has 3 heterocycles. The van der Waals surface area contributed by atoms with Crippen molar-refractivity contribution in [1.82, 2.24) is 0 Å². The molecule has 9 N–H and O–H groups in total. The van der Waals surface area contributed by atoms with Gasteiger partial charge < -0.3 is 79.1 Å². The molecule has 3 aliphatic rings. The van der Waals surface area contributed by atoms with E-state index in [0.717, 1.165) is 5.56 Å². The fraction of sp³-hybridized carbons (Fsp3) is 0.625. The van der Waals surface area contributed by atoms with Gasteiger partial charge in [0.25, 0.3) is 0 Å². The van der Waals surface area contributed by atoms with E-state index in [1.54, 1.807) is 36.4 Å². The van der Waals surface area contributed by atoms with Crippen LogP contribution in [0.25, 0.3) is 0 Å². The average Bonchev–Trinajstić information content (AvgIpc) is 3.50. The van der Waals surface area contributed by atoms with Crippen molar-refractivity contribution >= 4 is 0 Å². The van der Waals surface area contributed by atoms with E-state index in [1.165, 1.54) is 14.2 Å². The first-order valence-electron chi connectivity index (χ1n) is 15.6. The molecule has 0 radical (unpaired) electrons. The van der Waals surface area contributed by atoms with Gasteiger partial charge in [-0.15, -0.1) is 0 Å². The Morgan fingerprint density at radius 1 is 0.708 bits per heavy atom. The number of hydrogen-bond donors (Lipinski definition) is 9. The van der Waals surface area contributed by atoms with E-state index in [1.807, 2.05) is 0 Å². The van der Waals surface area contributed by atoms with Crippen LogP contribution in [0.1, 0.15) is 17.2 Å². The van der Waals surface area contributed by atoms with E-state index in [9.17, 15) is 46.0 Å². The summed E-state index contributed by atoms with van der Waals surface area (Å²) in [5, 5.41) is 92.2. The predicted octanol–water partition coefficient (Wildman–Crippen LogP) is -2.05. The topological polar surface area (TPSA) is 247 Å². The lowest BCUT2D eigenvalue weighted by Gasteiger charge is -2.45. The van der Waals surface area contributed by atoms with Gasteiger partial charge in [-0.1, -0.05) is 12.1 Å². The summed E-state index contributed by atoms with van der Waals surface area (Å²) in [4.78, 5) is 0. The Balaban J connectivity index is 1.30. The summed E-state index contributed by atoms with van der Waals surface area (Å²) < 4.78 is 39.5. The summed E-state index contributed by atoms with van der Waals surface area (Å²) in [6.07, 6.45) is -16.0. The Hall–Kier alpha value is -2.84. The van der Waals surface area contributed by atoms with E-state index in [0.29, 0.717) is 24.3 Å². The fourth-order valence-corrected chi connectivity index (χ4v) is 6.40. The Bertz CT molecular complexity index is 1340. The van der Waals surface area contributed by atoms with Crippen molar-refractivity contribution < 1.29 is 79.1 Å². The van der Waals surface area contributed by atoms with Gasteiger partial charge in [-0.2, -0.15) is 0 Å². The van der Waals surface area contributed by atoms with Crippen LogP contribution in [0.2, 0.25) is 0 Å². The van der Waals surface area contributed by atoms with Gasteiger partial charge in [-0.25, -0.2) is 0 Å². The molecule has 2 aromatic carbocycles. The van der Waals surface area contributed by atoms with Crippen LogP contribution in [0.15, 0.2) is 36.4 Å². The second-order valence-electron chi connectivity index (χ2n) is 12.1. The monoisotopic (exact) mass is 684 g/mol. The van der Waals surface area contributed by atoms with Gasteiger partial charge in [0.1, 0.15) is 48.8 Å². The molecule has 13 atom stereocenters. The third-order valence-electron chi connectivity index (χ3n) is 9.16. The van der Waals surface area contributed by atoms with Crippen LogP contribution in [-0.2, 0) is 25.4 Å². The summed E-state index contributed by atoms with van der Waals surface area (Å²) in [5.74, 6) is 0.370. The molecule has 0 aromatic heterocycles. The molecule has 3 fully saturated rings. The zero-order valence-corrected chi connectivity index (χ0v) is 26.4. The van der Waals surface area contributed by atoms with Crippen LogP contribution in [-0.4, -0.2) is 148 Å². The third kappa shape index (κ3) is 7.35. The Kier molecular flexibility index (Phi) is 12.0. The molecule has 268 valence electrons. The highest BCUT2D eigenvalue weighted by molar-refractivity contribution is 5.44. The van der Waals surface area contributed by atoms with E-state index in [4.69, 9.17) is 33.2 Å². The molecule has 0 saturated carbocycles. The van der Waals surface area contributed by atoms with Crippen molar-refractivity contribution in [2.24, 2.45) is 11.8 Å². The molecule has 3 saturated heterocycles. The van der Waals surface area contributed by atoms with Crippen LogP contribution in [0.3, 0.4) is 0 Å². The summed E-state index contributed by atoms with van der Waals surface area (Å²) in [6, 6.07) is 9.99. The lowest BCUT2D eigenvalue weighted by atomic mass is 9.84. The molecule has 0 bridgehead atoms. The molecular weight excluding hydrogens is 640 g/mol. The van der Waals surface area contributed by atoms with Crippen molar-refractivity contribution in [1.29, 1.82) is 0 Å².